The Hall–Kier alpha value is -3.03. The number of rotatable bonds is 5. The van der Waals surface area contributed by atoms with E-state index in [1.807, 2.05) is 0 Å². The summed E-state index contributed by atoms with van der Waals surface area (Å²) in [5, 5.41) is 4.65. The van der Waals surface area contributed by atoms with Crippen LogP contribution in [0.5, 0.6) is 5.75 Å². The minimum Gasteiger partial charge on any atom is -0.495 e. The molecule has 26 heavy (non-hydrogen) atoms. The molecule has 0 aliphatic carbocycles. The van der Waals surface area contributed by atoms with E-state index in [-0.39, 0.29) is 0 Å². The maximum Gasteiger partial charge on any atom is 0.239 e. The van der Waals surface area contributed by atoms with Crippen LogP contribution in [0.4, 0.5) is 24.5 Å². The average molecular weight is 366 g/mol. The third-order valence-electron chi connectivity index (χ3n) is 3.77. The number of para-hydroxylation sites is 2. The highest BCUT2D eigenvalue weighted by molar-refractivity contribution is 6.14. The Bertz CT molecular complexity index is 854. The minimum absolute atomic E-state index is 0.347. The van der Waals surface area contributed by atoms with Gasteiger partial charge in [-0.25, -0.2) is 13.2 Å². The number of halogens is 3. The van der Waals surface area contributed by atoms with E-state index in [0.29, 0.717) is 17.5 Å². The van der Waals surface area contributed by atoms with Crippen LogP contribution in [-0.2, 0) is 9.59 Å². The molecule has 2 aromatic carbocycles. The summed E-state index contributed by atoms with van der Waals surface area (Å²) in [6.07, 6.45) is 0. The van der Waals surface area contributed by atoms with Gasteiger partial charge in [-0.05, 0) is 38.1 Å². The predicted octanol–water partition coefficient (Wildman–Crippen LogP) is 3.72. The molecule has 138 valence electrons. The van der Waals surface area contributed by atoms with Crippen molar-refractivity contribution >= 4 is 23.2 Å². The summed E-state index contributed by atoms with van der Waals surface area (Å²) in [5.74, 6) is -5.83. The molecule has 2 aromatic rings. The molecule has 0 atom stereocenters. The first-order chi connectivity index (χ1) is 12.2. The summed E-state index contributed by atoms with van der Waals surface area (Å²) in [6, 6.07) is 8.13. The Labute approximate surface area is 148 Å². The van der Waals surface area contributed by atoms with Crippen molar-refractivity contribution in [2.75, 3.05) is 17.7 Å². The van der Waals surface area contributed by atoms with Gasteiger partial charge in [0.25, 0.3) is 0 Å². The molecule has 0 aliphatic heterocycles. The predicted molar refractivity (Wildman–Crippen MR) is 90.4 cm³/mol. The van der Waals surface area contributed by atoms with Gasteiger partial charge in [0, 0.05) is 0 Å². The molecule has 8 heteroatoms. The number of ether oxygens (including phenoxy) is 1. The lowest BCUT2D eigenvalue weighted by atomic mass is 9.90. The molecule has 0 bridgehead atoms. The van der Waals surface area contributed by atoms with Crippen LogP contribution < -0.4 is 15.4 Å². The quantitative estimate of drug-likeness (QED) is 0.626. The fourth-order valence-electron chi connectivity index (χ4n) is 2.03. The van der Waals surface area contributed by atoms with E-state index in [0.717, 1.165) is 6.07 Å². The molecule has 0 saturated carbocycles. The van der Waals surface area contributed by atoms with E-state index in [4.69, 9.17) is 4.74 Å². The average Bonchev–Trinajstić information content (AvgIpc) is 2.62. The zero-order valence-electron chi connectivity index (χ0n) is 14.3. The van der Waals surface area contributed by atoms with E-state index in [9.17, 15) is 22.8 Å². The molecule has 0 spiro atoms. The van der Waals surface area contributed by atoms with Crippen LogP contribution >= 0.6 is 0 Å². The third-order valence-corrected chi connectivity index (χ3v) is 3.77. The van der Waals surface area contributed by atoms with Crippen molar-refractivity contribution in [3.8, 4) is 5.75 Å². The zero-order chi connectivity index (χ0) is 19.5. The van der Waals surface area contributed by atoms with Gasteiger partial charge in [0.05, 0.1) is 18.5 Å². The molecule has 0 radical (unpaired) electrons. The van der Waals surface area contributed by atoms with Gasteiger partial charge >= 0.3 is 0 Å². The molecule has 2 amide bonds. The highest BCUT2D eigenvalue weighted by Crippen LogP contribution is 2.28. The summed E-state index contributed by atoms with van der Waals surface area (Å²) >= 11 is 0. The van der Waals surface area contributed by atoms with E-state index >= 15 is 0 Å². The Morgan fingerprint density at radius 3 is 2.08 bits per heavy atom. The van der Waals surface area contributed by atoms with Gasteiger partial charge in [-0.3, -0.25) is 9.59 Å². The minimum atomic E-state index is -1.71. The Kier molecular flexibility index (Phi) is 5.54. The van der Waals surface area contributed by atoms with Crippen LogP contribution in [0.2, 0.25) is 0 Å². The molecule has 0 aliphatic rings. The number of carbonyl (C=O) groups excluding carboxylic acids is 2. The maximum atomic E-state index is 13.7. The molecule has 0 saturated heterocycles. The molecular weight excluding hydrogens is 349 g/mol. The van der Waals surface area contributed by atoms with E-state index < -0.39 is 40.4 Å². The lowest BCUT2D eigenvalue weighted by Gasteiger charge is -2.23. The highest BCUT2D eigenvalue weighted by Gasteiger charge is 2.37. The molecule has 5 nitrogen and oxygen atoms in total. The number of benzene rings is 2. The van der Waals surface area contributed by atoms with Crippen LogP contribution in [0.15, 0.2) is 36.4 Å². The smallest absolute Gasteiger partial charge is 0.239 e. The first-order valence-corrected chi connectivity index (χ1v) is 7.58. The molecular formula is C18H17F3N2O3. The van der Waals surface area contributed by atoms with Crippen molar-refractivity contribution in [2.45, 2.75) is 13.8 Å². The SMILES string of the molecule is COc1ccccc1NC(=O)C(C)(C)C(=O)Nc1ccc(F)c(F)c1F. The van der Waals surface area contributed by atoms with Crippen molar-refractivity contribution in [3.63, 3.8) is 0 Å². The van der Waals surface area contributed by atoms with Gasteiger partial charge in [0.2, 0.25) is 11.8 Å². The second-order valence-electron chi connectivity index (χ2n) is 5.96. The standard InChI is InChI=1S/C18H17F3N2O3/c1-18(2,16(24)22-11-6-4-5-7-13(11)26-3)17(25)23-12-9-8-10(19)14(20)15(12)21/h4-9H,1-3H3,(H,22,24)(H,23,25). The van der Waals surface area contributed by atoms with E-state index in [1.165, 1.54) is 21.0 Å². The summed E-state index contributed by atoms with van der Waals surface area (Å²) in [4.78, 5) is 24.9. The van der Waals surface area contributed by atoms with Gasteiger partial charge in [0.1, 0.15) is 11.2 Å². The van der Waals surface area contributed by atoms with Crippen LogP contribution in [0, 0.1) is 22.9 Å². The molecule has 0 heterocycles. The normalized spacial score (nSPS) is 11.0. The van der Waals surface area contributed by atoms with Gasteiger partial charge in [-0.1, -0.05) is 12.1 Å². The maximum absolute atomic E-state index is 13.7. The van der Waals surface area contributed by atoms with Crippen LogP contribution in [0.25, 0.3) is 0 Å². The molecule has 2 rings (SSSR count). The number of carbonyl (C=O) groups is 2. The highest BCUT2D eigenvalue weighted by atomic mass is 19.2. The summed E-state index contributed by atoms with van der Waals surface area (Å²) < 4.78 is 45.1. The molecule has 0 fully saturated rings. The Morgan fingerprint density at radius 1 is 0.885 bits per heavy atom. The Morgan fingerprint density at radius 2 is 1.46 bits per heavy atom. The summed E-state index contributed by atoms with van der Waals surface area (Å²) in [7, 11) is 1.43. The summed E-state index contributed by atoms with van der Waals surface area (Å²) in [5.41, 5.74) is -1.86. The van der Waals surface area contributed by atoms with Crippen molar-refractivity contribution in [1.82, 2.24) is 0 Å². The fourth-order valence-corrected chi connectivity index (χ4v) is 2.03. The second kappa shape index (κ2) is 7.47. The molecule has 2 N–H and O–H groups in total. The first-order valence-electron chi connectivity index (χ1n) is 7.58. The van der Waals surface area contributed by atoms with E-state index in [1.54, 1.807) is 24.3 Å². The third kappa shape index (κ3) is 3.79. The monoisotopic (exact) mass is 366 g/mol. The molecule has 0 unspecified atom stereocenters. The number of nitrogens with one attached hydrogen (secondary N) is 2. The zero-order valence-corrected chi connectivity index (χ0v) is 14.3. The lowest BCUT2D eigenvalue weighted by Crippen LogP contribution is -2.41. The van der Waals surface area contributed by atoms with Gasteiger partial charge in [-0.15, -0.1) is 0 Å². The summed E-state index contributed by atoms with van der Waals surface area (Å²) in [6.45, 7) is 2.62. The number of hydrogen-bond donors (Lipinski definition) is 2. The molecule has 0 aromatic heterocycles. The second-order valence-corrected chi connectivity index (χ2v) is 5.96. The van der Waals surface area contributed by atoms with Crippen molar-refractivity contribution in [1.29, 1.82) is 0 Å². The van der Waals surface area contributed by atoms with Crippen LogP contribution in [0.1, 0.15) is 13.8 Å². The van der Waals surface area contributed by atoms with Gasteiger partial charge in [0.15, 0.2) is 17.5 Å². The van der Waals surface area contributed by atoms with Crippen LogP contribution in [-0.4, -0.2) is 18.9 Å². The van der Waals surface area contributed by atoms with E-state index in [2.05, 4.69) is 10.6 Å². The fraction of sp³-hybridized carbons (Fsp3) is 0.222. The Balaban J connectivity index is 2.19. The number of methoxy groups -OCH3 is 1. The van der Waals surface area contributed by atoms with Gasteiger partial charge in [-0.2, -0.15) is 0 Å². The van der Waals surface area contributed by atoms with Crippen molar-refractivity contribution < 1.29 is 27.5 Å². The van der Waals surface area contributed by atoms with Crippen molar-refractivity contribution in [3.05, 3.63) is 53.8 Å². The van der Waals surface area contributed by atoms with Crippen molar-refractivity contribution in [2.24, 2.45) is 5.41 Å². The topological polar surface area (TPSA) is 67.4 Å². The first kappa shape index (κ1) is 19.3. The number of amides is 2. The number of anilines is 2. The lowest BCUT2D eigenvalue weighted by molar-refractivity contribution is -0.135. The van der Waals surface area contributed by atoms with Crippen LogP contribution in [0.3, 0.4) is 0 Å². The largest absolute Gasteiger partial charge is 0.495 e. The van der Waals surface area contributed by atoms with Gasteiger partial charge < -0.3 is 15.4 Å². The number of hydrogen-bond acceptors (Lipinski definition) is 3.